The highest BCUT2D eigenvalue weighted by molar-refractivity contribution is 5.77. The van der Waals surface area contributed by atoms with E-state index >= 15 is 0 Å². The van der Waals surface area contributed by atoms with Gasteiger partial charge in [0.05, 0.1) is 0 Å². The largest absolute Gasteiger partial charge is 0.457 e. The maximum Gasteiger partial charge on any atom is 0.231 e. The number of nitrogens with one attached hydrogen (secondary N) is 2. The van der Waals surface area contributed by atoms with Crippen LogP contribution in [0.5, 0.6) is 23.0 Å². The Kier molecular flexibility index (Phi) is 5.32. The quantitative estimate of drug-likeness (QED) is 0.381. The number of benzene rings is 3. The highest BCUT2D eigenvalue weighted by atomic mass is 16.7. The molecule has 0 fully saturated rings. The molecular weight excluding hydrogens is 406 g/mol. The number of nitrogens with zero attached hydrogens (tertiary/aromatic N) is 2. The molecule has 3 aromatic carbocycles. The van der Waals surface area contributed by atoms with Gasteiger partial charge in [-0.1, -0.05) is 24.3 Å². The van der Waals surface area contributed by atoms with Gasteiger partial charge in [-0.3, -0.25) is 0 Å². The molecule has 5 rings (SSSR count). The van der Waals surface area contributed by atoms with E-state index in [0.29, 0.717) is 23.9 Å². The van der Waals surface area contributed by atoms with E-state index in [0.717, 1.165) is 34.2 Å². The van der Waals surface area contributed by atoms with E-state index in [-0.39, 0.29) is 6.79 Å². The molecule has 0 spiro atoms. The molecular formula is C24H21N5O3. The molecule has 0 saturated heterocycles. The monoisotopic (exact) mass is 427 g/mol. The topological polar surface area (TPSA) is 104 Å². The summed E-state index contributed by atoms with van der Waals surface area (Å²) >= 11 is 0. The van der Waals surface area contributed by atoms with Gasteiger partial charge in [0.25, 0.3) is 0 Å². The molecule has 0 atom stereocenters. The molecule has 8 nitrogen and oxygen atoms in total. The van der Waals surface area contributed by atoms with Gasteiger partial charge in [-0.05, 0) is 54.1 Å². The number of nitrogen functional groups attached to an aromatic ring is 1. The molecule has 0 unspecified atom stereocenters. The van der Waals surface area contributed by atoms with Crippen molar-refractivity contribution in [2.75, 3.05) is 23.2 Å². The van der Waals surface area contributed by atoms with Crippen molar-refractivity contribution in [3.63, 3.8) is 0 Å². The summed E-state index contributed by atoms with van der Waals surface area (Å²) in [5.41, 5.74) is 8.58. The normalized spacial score (nSPS) is 11.8. The van der Waals surface area contributed by atoms with Crippen LogP contribution in [0.1, 0.15) is 5.56 Å². The standard InChI is InChI=1S/C24H21N5O3/c25-22-23(26-13-16-6-11-20-21(12-16)31-15-30-20)27-14-28-24(22)29-17-7-9-19(10-8-17)32-18-4-2-1-3-5-18/h1-12,14H,13,15,25H2,(H2,26,27,28,29). The molecule has 32 heavy (non-hydrogen) atoms. The lowest BCUT2D eigenvalue weighted by atomic mass is 10.2. The molecule has 8 heteroatoms. The summed E-state index contributed by atoms with van der Waals surface area (Å²) < 4.78 is 16.6. The molecule has 0 bridgehead atoms. The van der Waals surface area contributed by atoms with Crippen LogP contribution in [0.4, 0.5) is 23.0 Å². The minimum atomic E-state index is 0.249. The molecule has 0 saturated carbocycles. The third-order valence-corrected chi connectivity index (χ3v) is 4.88. The lowest BCUT2D eigenvalue weighted by molar-refractivity contribution is 0.174. The highest BCUT2D eigenvalue weighted by Gasteiger charge is 2.14. The lowest BCUT2D eigenvalue weighted by Crippen LogP contribution is -2.08. The summed E-state index contributed by atoms with van der Waals surface area (Å²) in [6, 6.07) is 23.0. The number of ether oxygens (including phenoxy) is 3. The molecule has 4 aromatic rings. The van der Waals surface area contributed by atoms with Gasteiger partial charge < -0.3 is 30.6 Å². The fourth-order valence-electron chi connectivity index (χ4n) is 3.24. The Labute approximate surface area is 185 Å². The Bertz CT molecular complexity index is 1220. The van der Waals surface area contributed by atoms with E-state index < -0.39 is 0 Å². The second kappa shape index (κ2) is 8.73. The van der Waals surface area contributed by atoms with Crippen LogP contribution in [-0.4, -0.2) is 16.8 Å². The maximum atomic E-state index is 6.30. The summed E-state index contributed by atoms with van der Waals surface area (Å²) in [5, 5.41) is 6.48. The molecule has 0 amide bonds. The lowest BCUT2D eigenvalue weighted by Gasteiger charge is -2.13. The van der Waals surface area contributed by atoms with Crippen molar-refractivity contribution in [2.24, 2.45) is 0 Å². The summed E-state index contributed by atoms with van der Waals surface area (Å²) in [4.78, 5) is 8.54. The van der Waals surface area contributed by atoms with E-state index in [9.17, 15) is 0 Å². The Morgan fingerprint density at radius 2 is 1.59 bits per heavy atom. The van der Waals surface area contributed by atoms with Gasteiger partial charge >= 0.3 is 0 Å². The predicted octanol–water partition coefficient (Wildman–Crippen LogP) is 4.94. The number of hydrogen-bond donors (Lipinski definition) is 3. The average Bonchev–Trinajstić information content (AvgIpc) is 3.29. The van der Waals surface area contributed by atoms with E-state index in [1.165, 1.54) is 6.33 Å². The second-order valence-corrected chi connectivity index (χ2v) is 7.09. The van der Waals surface area contributed by atoms with Gasteiger partial charge in [0.1, 0.15) is 23.5 Å². The smallest absolute Gasteiger partial charge is 0.231 e. The first-order valence-electron chi connectivity index (χ1n) is 10.1. The van der Waals surface area contributed by atoms with Gasteiger partial charge in [0.15, 0.2) is 23.1 Å². The van der Waals surface area contributed by atoms with Crippen LogP contribution in [0.15, 0.2) is 79.1 Å². The summed E-state index contributed by atoms with van der Waals surface area (Å²) in [7, 11) is 0. The van der Waals surface area contributed by atoms with Crippen molar-refractivity contribution in [3.8, 4) is 23.0 Å². The minimum absolute atomic E-state index is 0.249. The third kappa shape index (κ3) is 4.34. The number of fused-ring (bicyclic) bond motifs is 1. The molecule has 0 radical (unpaired) electrons. The average molecular weight is 427 g/mol. The second-order valence-electron chi connectivity index (χ2n) is 7.09. The molecule has 0 aliphatic carbocycles. The molecule has 1 aliphatic rings. The van der Waals surface area contributed by atoms with Gasteiger partial charge in [-0.15, -0.1) is 0 Å². The zero-order valence-electron chi connectivity index (χ0n) is 17.1. The molecule has 4 N–H and O–H groups in total. The van der Waals surface area contributed by atoms with Gasteiger partial charge in [-0.25, -0.2) is 9.97 Å². The maximum absolute atomic E-state index is 6.30. The zero-order valence-corrected chi connectivity index (χ0v) is 17.1. The van der Waals surface area contributed by atoms with Crippen molar-refractivity contribution in [2.45, 2.75) is 6.54 Å². The van der Waals surface area contributed by atoms with Gasteiger partial charge in [0.2, 0.25) is 6.79 Å². The SMILES string of the molecule is Nc1c(NCc2ccc3c(c2)OCO3)ncnc1Nc1ccc(Oc2ccccc2)cc1. The number of anilines is 4. The molecule has 160 valence electrons. The first kappa shape index (κ1) is 19.5. The van der Waals surface area contributed by atoms with Crippen LogP contribution in [0.2, 0.25) is 0 Å². The van der Waals surface area contributed by atoms with Crippen LogP contribution in [0, 0.1) is 0 Å². The van der Waals surface area contributed by atoms with E-state index in [1.54, 1.807) is 0 Å². The number of aromatic nitrogens is 2. The molecule has 1 aromatic heterocycles. The fraction of sp³-hybridized carbons (Fsp3) is 0.0833. The van der Waals surface area contributed by atoms with E-state index in [2.05, 4.69) is 20.6 Å². The first-order chi connectivity index (χ1) is 15.7. The van der Waals surface area contributed by atoms with Crippen molar-refractivity contribution in [3.05, 3.63) is 84.7 Å². The van der Waals surface area contributed by atoms with E-state index in [1.807, 2.05) is 72.8 Å². The summed E-state index contributed by atoms with van der Waals surface area (Å²) in [6.07, 6.45) is 1.47. The Morgan fingerprint density at radius 3 is 2.44 bits per heavy atom. The Balaban J connectivity index is 1.24. The molecule has 2 heterocycles. The number of para-hydroxylation sites is 1. The van der Waals surface area contributed by atoms with Gasteiger partial charge in [-0.2, -0.15) is 0 Å². The van der Waals surface area contributed by atoms with Crippen molar-refractivity contribution in [1.29, 1.82) is 0 Å². The van der Waals surface area contributed by atoms with Crippen molar-refractivity contribution < 1.29 is 14.2 Å². The summed E-state index contributed by atoms with van der Waals surface area (Å²) in [5.74, 6) is 4.08. The van der Waals surface area contributed by atoms with Crippen LogP contribution in [0.3, 0.4) is 0 Å². The minimum Gasteiger partial charge on any atom is -0.457 e. The van der Waals surface area contributed by atoms with Crippen LogP contribution >= 0.6 is 0 Å². The van der Waals surface area contributed by atoms with Crippen molar-refractivity contribution >= 4 is 23.0 Å². The third-order valence-electron chi connectivity index (χ3n) is 4.88. The summed E-state index contributed by atoms with van der Waals surface area (Å²) in [6.45, 7) is 0.780. The van der Waals surface area contributed by atoms with Crippen LogP contribution < -0.4 is 30.6 Å². The highest BCUT2D eigenvalue weighted by Crippen LogP contribution is 2.33. The molecule has 1 aliphatic heterocycles. The van der Waals surface area contributed by atoms with E-state index in [4.69, 9.17) is 19.9 Å². The number of hydrogen-bond acceptors (Lipinski definition) is 8. The fourth-order valence-corrected chi connectivity index (χ4v) is 3.24. The number of nitrogens with two attached hydrogens (primary N) is 1. The predicted molar refractivity (Wildman–Crippen MR) is 123 cm³/mol. The first-order valence-corrected chi connectivity index (χ1v) is 10.1. The van der Waals surface area contributed by atoms with Crippen LogP contribution in [0.25, 0.3) is 0 Å². The van der Waals surface area contributed by atoms with Crippen molar-refractivity contribution in [1.82, 2.24) is 9.97 Å². The number of rotatable bonds is 7. The van der Waals surface area contributed by atoms with Crippen LogP contribution in [-0.2, 0) is 6.54 Å². The van der Waals surface area contributed by atoms with Gasteiger partial charge in [0, 0.05) is 12.2 Å². The Morgan fingerprint density at radius 1 is 0.844 bits per heavy atom. The Hall–Kier alpha value is -4.46. The zero-order chi connectivity index (χ0) is 21.8.